The number of nitrogens with one attached hydrogen (secondary N) is 1. The lowest BCUT2D eigenvalue weighted by atomic mass is 10.2. The third kappa shape index (κ3) is 4.10. The van der Waals surface area contributed by atoms with Crippen LogP contribution in [0.15, 0.2) is 18.6 Å². The van der Waals surface area contributed by atoms with Crippen molar-refractivity contribution in [2.75, 3.05) is 6.54 Å². The molecule has 9 heteroatoms. The Hall–Kier alpha value is -2.26. The Kier molecular flexibility index (Phi) is 4.66. The highest BCUT2D eigenvalue weighted by Gasteiger charge is 2.12. The molecule has 2 aromatic rings. The monoisotopic (exact) mass is 294 g/mol. The lowest BCUT2D eigenvalue weighted by Crippen LogP contribution is -2.30. The summed E-state index contributed by atoms with van der Waals surface area (Å²) in [5, 5.41) is 31.6. The van der Waals surface area contributed by atoms with Gasteiger partial charge in [-0.15, -0.1) is 0 Å². The predicted molar refractivity (Wildman–Crippen MR) is 74.5 cm³/mol. The number of aliphatic hydroxyl groups excluding tert-OH is 1. The molecule has 0 saturated carbocycles. The first kappa shape index (κ1) is 15.1. The lowest BCUT2D eigenvalue weighted by molar-refractivity contribution is -0.385. The number of rotatable bonds is 7. The topological polar surface area (TPSA) is 111 Å². The molecule has 2 aromatic heterocycles. The van der Waals surface area contributed by atoms with Crippen molar-refractivity contribution >= 4 is 5.69 Å². The molecule has 0 fully saturated rings. The zero-order valence-electron chi connectivity index (χ0n) is 11.9. The standard InChI is InChI=1S/C12H18N6O3/c1-9-10(6-16(2)15-9)3-13-5-12(19)8-17-7-11(4-14-17)18(20)21/h4,6-7,12-13,19H,3,5,8H2,1-2H3. The van der Waals surface area contributed by atoms with E-state index in [0.717, 1.165) is 11.3 Å². The molecule has 0 aliphatic carbocycles. The van der Waals surface area contributed by atoms with E-state index in [4.69, 9.17) is 0 Å². The van der Waals surface area contributed by atoms with Crippen molar-refractivity contribution in [3.05, 3.63) is 40.0 Å². The Bertz CT molecular complexity index is 620. The average molecular weight is 294 g/mol. The molecule has 0 aromatic carbocycles. The summed E-state index contributed by atoms with van der Waals surface area (Å²) < 4.78 is 3.10. The van der Waals surface area contributed by atoms with Crippen LogP contribution in [0.3, 0.4) is 0 Å². The van der Waals surface area contributed by atoms with Gasteiger partial charge in [-0.2, -0.15) is 10.2 Å². The van der Waals surface area contributed by atoms with Crippen molar-refractivity contribution in [2.24, 2.45) is 7.05 Å². The zero-order valence-corrected chi connectivity index (χ0v) is 11.9. The number of aliphatic hydroxyl groups is 1. The quantitative estimate of drug-likeness (QED) is 0.548. The molecule has 0 aliphatic rings. The van der Waals surface area contributed by atoms with Gasteiger partial charge in [-0.25, -0.2) is 0 Å². The van der Waals surface area contributed by atoms with Gasteiger partial charge < -0.3 is 10.4 Å². The minimum atomic E-state index is -0.679. The summed E-state index contributed by atoms with van der Waals surface area (Å²) in [5.41, 5.74) is 1.93. The van der Waals surface area contributed by atoms with Crippen LogP contribution in [0.1, 0.15) is 11.3 Å². The van der Waals surface area contributed by atoms with Crippen molar-refractivity contribution in [1.82, 2.24) is 24.9 Å². The summed E-state index contributed by atoms with van der Waals surface area (Å²) in [6, 6.07) is 0. The van der Waals surface area contributed by atoms with Gasteiger partial charge in [0.2, 0.25) is 0 Å². The van der Waals surface area contributed by atoms with E-state index < -0.39 is 11.0 Å². The minimum absolute atomic E-state index is 0.0823. The Labute approximate surface area is 121 Å². The van der Waals surface area contributed by atoms with Crippen molar-refractivity contribution in [3.8, 4) is 0 Å². The van der Waals surface area contributed by atoms with Crippen molar-refractivity contribution in [1.29, 1.82) is 0 Å². The van der Waals surface area contributed by atoms with Crippen LogP contribution in [0.25, 0.3) is 0 Å². The molecule has 9 nitrogen and oxygen atoms in total. The van der Waals surface area contributed by atoms with Crippen LogP contribution in [0.2, 0.25) is 0 Å². The van der Waals surface area contributed by atoms with E-state index in [1.54, 1.807) is 4.68 Å². The van der Waals surface area contributed by atoms with Crippen LogP contribution in [0, 0.1) is 17.0 Å². The molecule has 2 heterocycles. The normalized spacial score (nSPS) is 12.5. The highest BCUT2D eigenvalue weighted by molar-refractivity contribution is 5.20. The van der Waals surface area contributed by atoms with E-state index >= 15 is 0 Å². The third-order valence-corrected chi connectivity index (χ3v) is 3.04. The summed E-state index contributed by atoms with van der Waals surface area (Å²) in [5.74, 6) is 0. The summed E-state index contributed by atoms with van der Waals surface area (Å²) in [6.07, 6.45) is 3.71. The smallest absolute Gasteiger partial charge is 0.306 e. The molecule has 2 N–H and O–H groups in total. The first-order valence-electron chi connectivity index (χ1n) is 6.50. The van der Waals surface area contributed by atoms with Gasteiger partial charge in [0, 0.05) is 31.9 Å². The second kappa shape index (κ2) is 6.46. The Morgan fingerprint density at radius 2 is 2.29 bits per heavy atom. The maximum atomic E-state index is 10.5. The zero-order chi connectivity index (χ0) is 15.4. The van der Waals surface area contributed by atoms with Gasteiger partial charge in [0.05, 0.1) is 23.3 Å². The van der Waals surface area contributed by atoms with E-state index in [1.165, 1.54) is 17.1 Å². The largest absolute Gasteiger partial charge is 0.390 e. The molecule has 21 heavy (non-hydrogen) atoms. The first-order chi connectivity index (χ1) is 9.95. The fourth-order valence-electron chi connectivity index (χ4n) is 2.02. The molecular weight excluding hydrogens is 276 g/mol. The minimum Gasteiger partial charge on any atom is -0.390 e. The number of aromatic nitrogens is 4. The van der Waals surface area contributed by atoms with Crippen molar-refractivity contribution < 1.29 is 10.0 Å². The molecule has 0 amide bonds. The molecular formula is C12H18N6O3. The van der Waals surface area contributed by atoms with Crippen LogP contribution in [-0.2, 0) is 20.1 Å². The maximum Gasteiger partial charge on any atom is 0.306 e. The second-order valence-corrected chi connectivity index (χ2v) is 4.88. The molecule has 2 rings (SSSR count). The second-order valence-electron chi connectivity index (χ2n) is 4.88. The molecule has 1 unspecified atom stereocenters. The van der Waals surface area contributed by atoms with E-state index in [2.05, 4.69) is 15.5 Å². The van der Waals surface area contributed by atoms with Crippen LogP contribution < -0.4 is 5.32 Å². The lowest BCUT2D eigenvalue weighted by Gasteiger charge is -2.11. The van der Waals surface area contributed by atoms with Gasteiger partial charge in [0.25, 0.3) is 0 Å². The Morgan fingerprint density at radius 1 is 1.52 bits per heavy atom. The number of nitrogens with zero attached hydrogens (tertiary/aromatic N) is 5. The van der Waals surface area contributed by atoms with Gasteiger partial charge >= 0.3 is 5.69 Å². The van der Waals surface area contributed by atoms with E-state index in [-0.39, 0.29) is 12.2 Å². The van der Waals surface area contributed by atoms with E-state index in [1.807, 2.05) is 20.2 Å². The molecule has 0 bridgehead atoms. The molecule has 1 atom stereocenters. The summed E-state index contributed by atoms with van der Waals surface area (Å²) in [4.78, 5) is 10.0. The van der Waals surface area contributed by atoms with Gasteiger partial charge in [-0.05, 0) is 6.92 Å². The van der Waals surface area contributed by atoms with Crippen LogP contribution in [0.5, 0.6) is 0 Å². The van der Waals surface area contributed by atoms with Crippen molar-refractivity contribution in [2.45, 2.75) is 26.1 Å². The average Bonchev–Trinajstić information content (AvgIpc) is 2.97. The third-order valence-electron chi connectivity index (χ3n) is 3.04. The van der Waals surface area contributed by atoms with Gasteiger partial charge in [0.1, 0.15) is 12.4 Å². The molecule has 0 radical (unpaired) electrons. The van der Waals surface area contributed by atoms with Crippen LogP contribution >= 0.6 is 0 Å². The number of nitro groups is 1. The van der Waals surface area contributed by atoms with Gasteiger partial charge in [0.15, 0.2) is 0 Å². The van der Waals surface area contributed by atoms with Crippen LogP contribution in [-0.4, -0.2) is 42.2 Å². The molecule has 0 spiro atoms. The fourth-order valence-corrected chi connectivity index (χ4v) is 2.02. The van der Waals surface area contributed by atoms with Gasteiger partial charge in [-0.1, -0.05) is 0 Å². The number of aryl methyl sites for hydroxylation is 2. The highest BCUT2D eigenvalue weighted by Crippen LogP contribution is 2.08. The molecule has 114 valence electrons. The summed E-state index contributed by atoms with van der Waals surface area (Å²) in [7, 11) is 1.86. The Morgan fingerprint density at radius 3 is 2.86 bits per heavy atom. The number of hydrogen-bond donors (Lipinski definition) is 2. The first-order valence-corrected chi connectivity index (χ1v) is 6.50. The van der Waals surface area contributed by atoms with E-state index in [0.29, 0.717) is 13.1 Å². The van der Waals surface area contributed by atoms with E-state index in [9.17, 15) is 15.2 Å². The molecule has 0 saturated heterocycles. The summed E-state index contributed by atoms with van der Waals surface area (Å²) in [6.45, 7) is 3.10. The predicted octanol–water partition coefficient (Wildman–Crippen LogP) is -0.0161. The number of hydrogen-bond acceptors (Lipinski definition) is 6. The van der Waals surface area contributed by atoms with Crippen molar-refractivity contribution in [3.63, 3.8) is 0 Å². The van der Waals surface area contributed by atoms with Gasteiger partial charge in [-0.3, -0.25) is 19.5 Å². The SMILES string of the molecule is Cc1nn(C)cc1CNCC(O)Cn1cc([N+](=O)[O-])cn1. The Balaban J connectivity index is 1.78. The maximum absolute atomic E-state index is 10.5. The van der Waals surface area contributed by atoms with Crippen LogP contribution in [0.4, 0.5) is 5.69 Å². The summed E-state index contributed by atoms with van der Waals surface area (Å²) >= 11 is 0. The highest BCUT2D eigenvalue weighted by atomic mass is 16.6. The molecule has 0 aliphatic heterocycles. The fraction of sp³-hybridized carbons (Fsp3) is 0.500.